The summed E-state index contributed by atoms with van der Waals surface area (Å²) in [7, 11) is -3.36. The molecule has 6 heteroatoms. The van der Waals surface area contributed by atoms with Crippen molar-refractivity contribution in [3.63, 3.8) is 0 Å². The average Bonchev–Trinajstić information content (AvgIpc) is 2.72. The molecule has 0 amide bonds. The maximum atomic E-state index is 12.3. The normalized spacial score (nSPS) is 25.3. The summed E-state index contributed by atoms with van der Waals surface area (Å²) in [5, 5.41) is 9.46. The molecule has 1 rings (SSSR count). The maximum absolute atomic E-state index is 12.3. The number of carboxylic acid groups (broad SMARTS) is 1. The van der Waals surface area contributed by atoms with E-state index in [2.05, 4.69) is 0 Å². The SMILES string of the molecule is CC(C)C1(C(=O)O)CCN(S(=O)(=O)CCC(C)(C)C)C1. The molecule has 1 saturated heterocycles. The van der Waals surface area contributed by atoms with E-state index in [1.165, 1.54) is 4.31 Å². The lowest BCUT2D eigenvalue weighted by molar-refractivity contribution is -0.150. The fraction of sp³-hybridized carbons (Fsp3) is 0.929. The first-order chi connectivity index (χ1) is 8.91. The van der Waals surface area contributed by atoms with E-state index in [1.807, 2.05) is 34.6 Å². The first-order valence-corrected chi connectivity index (χ1v) is 8.73. The zero-order valence-corrected chi connectivity index (χ0v) is 14.0. The third-order valence-corrected chi connectivity index (χ3v) is 6.12. The molecule has 0 aromatic heterocycles. The third-order valence-electron chi connectivity index (χ3n) is 4.30. The van der Waals surface area contributed by atoms with Crippen molar-refractivity contribution < 1.29 is 18.3 Å². The number of nitrogens with zero attached hydrogens (tertiary/aromatic N) is 1. The number of carboxylic acids is 1. The molecule has 1 aliphatic rings. The lowest BCUT2D eigenvalue weighted by Crippen LogP contribution is -2.41. The first-order valence-electron chi connectivity index (χ1n) is 7.12. The van der Waals surface area contributed by atoms with Gasteiger partial charge in [-0.1, -0.05) is 34.6 Å². The van der Waals surface area contributed by atoms with Gasteiger partial charge in [-0.2, -0.15) is 0 Å². The van der Waals surface area contributed by atoms with Crippen molar-refractivity contribution >= 4 is 16.0 Å². The van der Waals surface area contributed by atoms with Gasteiger partial charge in [0.2, 0.25) is 10.0 Å². The Morgan fingerprint density at radius 2 is 1.90 bits per heavy atom. The van der Waals surface area contributed by atoms with Crippen LogP contribution in [0.1, 0.15) is 47.5 Å². The van der Waals surface area contributed by atoms with Crippen LogP contribution < -0.4 is 0 Å². The Hall–Kier alpha value is -0.620. The van der Waals surface area contributed by atoms with E-state index in [0.717, 1.165) is 0 Å². The number of hydrogen-bond donors (Lipinski definition) is 1. The van der Waals surface area contributed by atoms with E-state index in [9.17, 15) is 18.3 Å². The van der Waals surface area contributed by atoms with Gasteiger partial charge in [0.1, 0.15) is 0 Å². The maximum Gasteiger partial charge on any atom is 0.311 e. The summed E-state index contributed by atoms with van der Waals surface area (Å²) in [6.07, 6.45) is 0.975. The van der Waals surface area contributed by atoms with Gasteiger partial charge >= 0.3 is 5.97 Å². The standard InChI is InChI=1S/C14H27NO4S/c1-11(2)14(12(16)17)6-8-15(10-14)20(18,19)9-7-13(3,4)5/h11H,6-10H2,1-5H3,(H,16,17). The van der Waals surface area contributed by atoms with Crippen LogP contribution in [0.5, 0.6) is 0 Å². The van der Waals surface area contributed by atoms with Gasteiger partial charge in [-0.25, -0.2) is 12.7 Å². The van der Waals surface area contributed by atoms with Gasteiger partial charge in [-0.05, 0) is 24.2 Å². The van der Waals surface area contributed by atoms with Gasteiger partial charge in [-0.15, -0.1) is 0 Å². The van der Waals surface area contributed by atoms with E-state index >= 15 is 0 Å². The second-order valence-electron chi connectivity index (χ2n) is 7.33. The van der Waals surface area contributed by atoms with Crippen molar-refractivity contribution in [3.8, 4) is 0 Å². The van der Waals surface area contributed by atoms with Crippen LogP contribution in [0, 0.1) is 16.7 Å². The van der Waals surface area contributed by atoms with Crippen molar-refractivity contribution in [2.24, 2.45) is 16.7 Å². The molecule has 0 bridgehead atoms. The molecule has 1 unspecified atom stereocenters. The molecule has 0 radical (unpaired) electrons. The predicted molar refractivity (Wildman–Crippen MR) is 79.0 cm³/mol. The zero-order valence-electron chi connectivity index (χ0n) is 13.1. The predicted octanol–water partition coefficient (Wildman–Crippen LogP) is 2.19. The Morgan fingerprint density at radius 3 is 2.25 bits per heavy atom. The van der Waals surface area contributed by atoms with Crippen molar-refractivity contribution in [2.45, 2.75) is 47.5 Å². The third kappa shape index (κ3) is 3.73. The molecule has 0 spiro atoms. The fourth-order valence-corrected chi connectivity index (χ4v) is 4.42. The minimum Gasteiger partial charge on any atom is -0.481 e. The zero-order chi connectivity index (χ0) is 15.8. The Labute approximate surface area is 122 Å². The molecule has 0 aromatic rings. The Balaban J connectivity index is 2.83. The minimum absolute atomic E-state index is 0.0469. The summed E-state index contributed by atoms with van der Waals surface area (Å²) in [6.45, 7) is 10.1. The van der Waals surface area contributed by atoms with Gasteiger partial charge in [0, 0.05) is 13.1 Å². The van der Waals surface area contributed by atoms with Gasteiger partial charge in [0.15, 0.2) is 0 Å². The molecule has 1 fully saturated rings. The molecule has 118 valence electrons. The molecule has 1 atom stereocenters. The van der Waals surface area contributed by atoms with Crippen molar-refractivity contribution in [1.82, 2.24) is 4.31 Å². The highest BCUT2D eigenvalue weighted by Gasteiger charge is 2.50. The van der Waals surface area contributed by atoms with Crippen LogP contribution in [0.25, 0.3) is 0 Å². The topological polar surface area (TPSA) is 74.7 Å². The van der Waals surface area contributed by atoms with Crippen LogP contribution in [0.3, 0.4) is 0 Å². The first kappa shape index (κ1) is 17.4. The molecule has 5 nitrogen and oxygen atoms in total. The molecular formula is C14H27NO4S. The molecule has 1 heterocycles. The highest BCUT2D eigenvalue weighted by molar-refractivity contribution is 7.89. The van der Waals surface area contributed by atoms with Crippen LogP contribution in [0.2, 0.25) is 0 Å². The van der Waals surface area contributed by atoms with E-state index in [4.69, 9.17) is 0 Å². The van der Waals surface area contributed by atoms with Crippen LogP contribution in [0.15, 0.2) is 0 Å². The summed E-state index contributed by atoms with van der Waals surface area (Å²) in [4.78, 5) is 11.5. The summed E-state index contributed by atoms with van der Waals surface area (Å²) in [6, 6.07) is 0. The minimum atomic E-state index is -3.36. The molecule has 1 aliphatic heterocycles. The van der Waals surface area contributed by atoms with E-state index < -0.39 is 21.4 Å². The average molecular weight is 305 g/mol. The summed E-state index contributed by atoms with van der Waals surface area (Å²) in [5.41, 5.74) is -0.983. The number of sulfonamides is 1. The molecule has 0 aromatic carbocycles. The Bertz CT molecular complexity index is 464. The summed E-state index contributed by atoms with van der Waals surface area (Å²) >= 11 is 0. The molecule has 0 aliphatic carbocycles. The van der Waals surface area contributed by atoms with Crippen LogP contribution >= 0.6 is 0 Å². The van der Waals surface area contributed by atoms with Crippen molar-refractivity contribution in [2.75, 3.05) is 18.8 Å². The van der Waals surface area contributed by atoms with E-state index in [-0.39, 0.29) is 23.6 Å². The number of hydrogen-bond acceptors (Lipinski definition) is 3. The second kappa shape index (κ2) is 5.64. The Kier molecular flexibility index (Phi) is 4.91. The molecule has 0 saturated carbocycles. The van der Waals surface area contributed by atoms with Gasteiger partial charge in [0.25, 0.3) is 0 Å². The van der Waals surface area contributed by atoms with Gasteiger partial charge in [-0.3, -0.25) is 4.79 Å². The number of aliphatic carboxylic acids is 1. The monoisotopic (exact) mass is 305 g/mol. The van der Waals surface area contributed by atoms with E-state index in [1.54, 1.807) is 0 Å². The highest BCUT2D eigenvalue weighted by Crippen LogP contribution is 2.39. The van der Waals surface area contributed by atoms with Crippen LogP contribution in [-0.4, -0.2) is 42.6 Å². The number of carbonyl (C=O) groups is 1. The molecule has 20 heavy (non-hydrogen) atoms. The highest BCUT2D eigenvalue weighted by atomic mass is 32.2. The van der Waals surface area contributed by atoms with Crippen molar-refractivity contribution in [3.05, 3.63) is 0 Å². The Morgan fingerprint density at radius 1 is 1.35 bits per heavy atom. The fourth-order valence-electron chi connectivity index (χ4n) is 2.49. The van der Waals surface area contributed by atoms with Gasteiger partial charge in [0.05, 0.1) is 11.2 Å². The van der Waals surface area contributed by atoms with Crippen molar-refractivity contribution in [1.29, 1.82) is 0 Å². The quantitative estimate of drug-likeness (QED) is 0.845. The smallest absolute Gasteiger partial charge is 0.311 e. The van der Waals surface area contributed by atoms with Crippen LogP contribution in [-0.2, 0) is 14.8 Å². The lowest BCUT2D eigenvalue weighted by Gasteiger charge is -2.29. The summed E-state index contributed by atoms with van der Waals surface area (Å²) < 4.78 is 26.1. The van der Waals surface area contributed by atoms with E-state index in [0.29, 0.717) is 19.4 Å². The largest absolute Gasteiger partial charge is 0.481 e. The lowest BCUT2D eigenvalue weighted by atomic mass is 9.77. The van der Waals surface area contributed by atoms with Crippen LogP contribution in [0.4, 0.5) is 0 Å². The number of rotatable bonds is 5. The molecular weight excluding hydrogens is 278 g/mol. The second-order valence-corrected chi connectivity index (χ2v) is 9.41. The van der Waals surface area contributed by atoms with Gasteiger partial charge < -0.3 is 5.11 Å². The molecule has 1 N–H and O–H groups in total. The summed E-state index contributed by atoms with van der Waals surface area (Å²) in [5.74, 6) is -0.881.